The Balaban J connectivity index is 1.73. The Bertz CT molecular complexity index is 1030. The molecule has 3 aromatic heterocycles. The van der Waals surface area contributed by atoms with Gasteiger partial charge in [-0.2, -0.15) is 0 Å². The summed E-state index contributed by atoms with van der Waals surface area (Å²) in [5.41, 5.74) is 1.57. The van der Waals surface area contributed by atoms with E-state index in [9.17, 15) is 8.78 Å². The van der Waals surface area contributed by atoms with Crippen molar-refractivity contribution in [2.75, 3.05) is 0 Å². The minimum atomic E-state index is -0.541. The third-order valence-electron chi connectivity index (χ3n) is 3.50. The fraction of sp³-hybridized carbons (Fsp3) is 0. The first-order chi connectivity index (χ1) is 12.2. The molecule has 6 nitrogen and oxygen atoms in total. The van der Waals surface area contributed by atoms with Crippen LogP contribution >= 0.6 is 0 Å². The molecule has 122 valence electrons. The molecule has 0 saturated carbocycles. The van der Waals surface area contributed by atoms with Gasteiger partial charge in [-0.15, -0.1) is 15.0 Å². The molecular weight excluding hydrogens is 326 g/mol. The van der Waals surface area contributed by atoms with Crippen LogP contribution in [0.5, 0.6) is 0 Å². The number of hydrogen-bond donors (Lipinski definition) is 0. The zero-order chi connectivity index (χ0) is 17.2. The van der Waals surface area contributed by atoms with Crippen LogP contribution < -0.4 is 0 Å². The number of pyridine rings is 2. The lowest BCUT2D eigenvalue weighted by atomic mass is 10.1. The van der Waals surface area contributed by atoms with E-state index in [1.807, 2.05) is 6.07 Å². The predicted molar refractivity (Wildman–Crippen MR) is 85.5 cm³/mol. The van der Waals surface area contributed by atoms with E-state index in [1.54, 1.807) is 24.4 Å². The van der Waals surface area contributed by atoms with E-state index >= 15 is 0 Å². The van der Waals surface area contributed by atoms with Crippen LogP contribution in [-0.4, -0.2) is 30.2 Å². The van der Waals surface area contributed by atoms with Gasteiger partial charge in [0.05, 0.1) is 6.20 Å². The van der Waals surface area contributed by atoms with Crippen LogP contribution in [0.3, 0.4) is 0 Å². The molecule has 1 aromatic carbocycles. The van der Waals surface area contributed by atoms with E-state index < -0.39 is 11.6 Å². The first-order valence-electron chi connectivity index (χ1n) is 7.33. The number of aromatic nitrogens is 6. The summed E-state index contributed by atoms with van der Waals surface area (Å²) in [6, 6.07) is 10.2. The number of nitrogens with zero attached hydrogens (tertiary/aromatic N) is 6. The third-order valence-corrected chi connectivity index (χ3v) is 3.50. The summed E-state index contributed by atoms with van der Waals surface area (Å²) in [7, 11) is 0. The van der Waals surface area contributed by atoms with Gasteiger partial charge in [-0.05, 0) is 41.6 Å². The quantitative estimate of drug-likeness (QED) is 0.575. The zero-order valence-electron chi connectivity index (χ0n) is 12.7. The molecule has 0 aliphatic heterocycles. The average molecular weight is 336 g/mol. The highest BCUT2D eigenvalue weighted by molar-refractivity contribution is 5.65. The zero-order valence-corrected chi connectivity index (χ0v) is 12.7. The largest absolute Gasteiger partial charge is 0.262 e. The van der Waals surface area contributed by atoms with Crippen LogP contribution in [0, 0.1) is 11.6 Å². The van der Waals surface area contributed by atoms with E-state index in [4.69, 9.17) is 0 Å². The fourth-order valence-electron chi connectivity index (χ4n) is 2.32. The lowest BCUT2D eigenvalue weighted by molar-refractivity contribution is 0.603. The maximum atomic E-state index is 14.0. The molecule has 4 aromatic rings. The Kier molecular flexibility index (Phi) is 3.70. The van der Waals surface area contributed by atoms with Crippen molar-refractivity contribution in [2.24, 2.45) is 0 Å². The number of tetrazole rings is 1. The lowest BCUT2D eigenvalue weighted by Crippen LogP contribution is -2.00. The molecular formula is C17H10F2N6. The number of rotatable bonds is 3. The maximum Gasteiger partial charge on any atom is 0.223 e. The summed E-state index contributed by atoms with van der Waals surface area (Å²) >= 11 is 0. The molecule has 0 unspecified atom stereocenters. The van der Waals surface area contributed by atoms with Gasteiger partial charge in [0.25, 0.3) is 0 Å². The van der Waals surface area contributed by atoms with Crippen LogP contribution in [0.15, 0.2) is 61.1 Å². The first kappa shape index (κ1) is 15.0. The van der Waals surface area contributed by atoms with E-state index in [2.05, 4.69) is 25.4 Å². The number of hydrogen-bond acceptors (Lipinski definition) is 5. The van der Waals surface area contributed by atoms with Gasteiger partial charge in [-0.1, -0.05) is 6.07 Å². The summed E-state index contributed by atoms with van der Waals surface area (Å²) in [4.78, 5) is 9.48. The second-order valence-electron chi connectivity index (χ2n) is 5.17. The van der Waals surface area contributed by atoms with Crippen molar-refractivity contribution in [3.63, 3.8) is 0 Å². The molecule has 0 amide bonds. The minimum absolute atomic E-state index is 0.111. The van der Waals surface area contributed by atoms with Gasteiger partial charge in [0, 0.05) is 23.5 Å². The Morgan fingerprint density at radius 3 is 2.72 bits per heavy atom. The molecule has 0 aliphatic rings. The molecule has 0 radical (unpaired) electrons. The second-order valence-corrected chi connectivity index (χ2v) is 5.17. The normalized spacial score (nSPS) is 10.8. The molecule has 0 spiro atoms. The standard InChI is InChI=1S/C17H10F2N6/c18-12-4-5-15(19)14(8-12)11-7-13(10-20-9-11)25-23-17(22-24-25)16-3-1-2-6-21-16/h1-10H. The molecule has 0 saturated heterocycles. The van der Waals surface area contributed by atoms with Gasteiger partial charge in [-0.25, -0.2) is 8.78 Å². The monoisotopic (exact) mass is 336 g/mol. The van der Waals surface area contributed by atoms with Gasteiger partial charge in [-0.3, -0.25) is 9.97 Å². The van der Waals surface area contributed by atoms with Gasteiger partial charge in [0.1, 0.15) is 23.0 Å². The maximum absolute atomic E-state index is 14.0. The van der Waals surface area contributed by atoms with Crippen molar-refractivity contribution in [3.8, 4) is 28.3 Å². The Hall–Kier alpha value is -3.55. The van der Waals surface area contributed by atoms with Crippen LogP contribution in [0.2, 0.25) is 0 Å². The molecule has 0 bridgehead atoms. The van der Waals surface area contributed by atoms with Crippen molar-refractivity contribution in [1.29, 1.82) is 0 Å². The van der Waals surface area contributed by atoms with E-state index in [1.165, 1.54) is 17.2 Å². The Morgan fingerprint density at radius 1 is 0.960 bits per heavy atom. The number of benzene rings is 1. The minimum Gasteiger partial charge on any atom is -0.262 e. The van der Waals surface area contributed by atoms with Gasteiger partial charge in [0.15, 0.2) is 0 Å². The highest BCUT2D eigenvalue weighted by atomic mass is 19.1. The van der Waals surface area contributed by atoms with Crippen molar-refractivity contribution < 1.29 is 8.78 Å². The van der Waals surface area contributed by atoms with Crippen molar-refractivity contribution >= 4 is 0 Å². The van der Waals surface area contributed by atoms with Crippen LogP contribution in [-0.2, 0) is 0 Å². The van der Waals surface area contributed by atoms with Crippen molar-refractivity contribution in [3.05, 3.63) is 72.7 Å². The molecule has 0 atom stereocenters. The molecule has 4 rings (SSSR count). The molecule has 8 heteroatoms. The van der Waals surface area contributed by atoms with Crippen LogP contribution in [0.4, 0.5) is 8.78 Å². The predicted octanol–water partition coefficient (Wildman–Crippen LogP) is 3.06. The third kappa shape index (κ3) is 2.97. The molecule has 0 fully saturated rings. The van der Waals surface area contributed by atoms with E-state index in [-0.39, 0.29) is 5.56 Å². The van der Waals surface area contributed by atoms with Gasteiger partial charge in [0.2, 0.25) is 5.82 Å². The molecule has 25 heavy (non-hydrogen) atoms. The van der Waals surface area contributed by atoms with Gasteiger partial charge < -0.3 is 0 Å². The van der Waals surface area contributed by atoms with Gasteiger partial charge >= 0.3 is 0 Å². The summed E-state index contributed by atoms with van der Waals surface area (Å²) in [5.74, 6) is -0.720. The Labute approximate surface area is 140 Å². The van der Waals surface area contributed by atoms with Crippen LogP contribution in [0.25, 0.3) is 28.3 Å². The van der Waals surface area contributed by atoms with E-state index in [0.29, 0.717) is 22.8 Å². The highest BCUT2D eigenvalue weighted by Gasteiger charge is 2.11. The average Bonchev–Trinajstić information content (AvgIpc) is 3.15. The second kappa shape index (κ2) is 6.16. The molecule has 3 heterocycles. The molecule has 0 aliphatic carbocycles. The Morgan fingerprint density at radius 2 is 1.88 bits per heavy atom. The summed E-state index contributed by atoms with van der Waals surface area (Å²) in [6.07, 6.45) is 4.58. The van der Waals surface area contributed by atoms with Crippen LogP contribution in [0.1, 0.15) is 0 Å². The summed E-state index contributed by atoms with van der Waals surface area (Å²) in [5, 5.41) is 12.2. The van der Waals surface area contributed by atoms with E-state index in [0.717, 1.165) is 18.2 Å². The summed E-state index contributed by atoms with van der Waals surface area (Å²) in [6.45, 7) is 0. The topological polar surface area (TPSA) is 69.4 Å². The summed E-state index contributed by atoms with van der Waals surface area (Å²) < 4.78 is 27.4. The lowest BCUT2D eigenvalue weighted by Gasteiger charge is -2.05. The SMILES string of the molecule is Fc1ccc(F)c(-c2cncc(-n3nnc(-c4ccccn4)n3)c2)c1. The first-order valence-corrected chi connectivity index (χ1v) is 7.33. The van der Waals surface area contributed by atoms with Crippen molar-refractivity contribution in [1.82, 2.24) is 30.2 Å². The highest BCUT2D eigenvalue weighted by Crippen LogP contribution is 2.24. The van der Waals surface area contributed by atoms with Crippen molar-refractivity contribution in [2.45, 2.75) is 0 Å². The fourth-order valence-corrected chi connectivity index (χ4v) is 2.32. The number of halogens is 2. The smallest absolute Gasteiger partial charge is 0.223 e. The molecule has 0 N–H and O–H groups in total.